The van der Waals surface area contributed by atoms with Gasteiger partial charge in [-0.05, 0) is 13.5 Å². The quantitative estimate of drug-likeness (QED) is 0.310. The highest BCUT2D eigenvalue weighted by atomic mass is 16.7. The molecule has 0 aromatic carbocycles. The molecule has 0 amide bonds. The van der Waals surface area contributed by atoms with E-state index in [0.29, 0.717) is 13.2 Å². The third kappa shape index (κ3) is 6.02. The van der Waals surface area contributed by atoms with Gasteiger partial charge in [0.1, 0.15) is 0 Å². The number of hydrogen-bond donors (Lipinski definition) is 2. The minimum atomic E-state index is 0.509. The summed E-state index contributed by atoms with van der Waals surface area (Å²) < 4.78 is 0. The number of hydrogen-bond acceptors (Lipinski definition) is 5. The maximum atomic E-state index is 9.82. The van der Waals surface area contributed by atoms with Crippen molar-refractivity contribution in [1.29, 1.82) is 0 Å². The Labute approximate surface area is 72.1 Å². The van der Waals surface area contributed by atoms with Crippen molar-refractivity contribution in [2.24, 2.45) is 5.29 Å². The van der Waals surface area contributed by atoms with Crippen LogP contribution in [0.3, 0.4) is 0 Å². The van der Waals surface area contributed by atoms with Gasteiger partial charge >= 0.3 is 0 Å². The first-order chi connectivity index (χ1) is 5.85. The van der Waals surface area contributed by atoms with E-state index in [1.165, 1.54) is 5.17 Å². The van der Waals surface area contributed by atoms with E-state index < -0.39 is 0 Å². The first-order valence-corrected chi connectivity index (χ1v) is 4.04. The zero-order valence-electron chi connectivity index (χ0n) is 7.54. The van der Waals surface area contributed by atoms with E-state index in [1.54, 1.807) is 0 Å². The Morgan fingerprint density at radius 3 is 2.75 bits per heavy atom. The average Bonchev–Trinajstić information content (AvgIpc) is 2.06. The van der Waals surface area contributed by atoms with Crippen molar-refractivity contribution in [3.63, 3.8) is 0 Å². The van der Waals surface area contributed by atoms with E-state index in [2.05, 4.69) is 16.1 Å². The third-order valence-corrected chi connectivity index (χ3v) is 1.18. The second kappa shape index (κ2) is 8.38. The molecule has 0 aliphatic carbocycles. The second-order valence-corrected chi connectivity index (χ2v) is 2.06. The summed E-state index contributed by atoms with van der Waals surface area (Å²) in [7, 11) is 0. The number of nitroso groups, excluding NO2 is 1. The number of likely N-dealkylation sites (N-methyl/N-ethyl adjacent to an activating group) is 1. The van der Waals surface area contributed by atoms with Gasteiger partial charge in [-0.3, -0.25) is 4.84 Å². The molecular weight excluding hydrogens is 160 g/mol. The monoisotopic (exact) mass is 176 g/mol. The number of hydroxylamine groups is 1. The van der Waals surface area contributed by atoms with Crippen LogP contribution in [0.25, 0.3) is 0 Å². The molecule has 0 saturated carbocycles. The fourth-order valence-electron chi connectivity index (χ4n) is 0.702. The molecule has 0 fully saturated rings. The SMILES string of the molecule is CCNCCN(NN=O)OCC. The summed E-state index contributed by atoms with van der Waals surface area (Å²) in [6.45, 7) is 6.58. The summed E-state index contributed by atoms with van der Waals surface area (Å²) in [6, 6.07) is 0. The fraction of sp³-hybridized carbons (Fsp3) is 1.00. The van der Waals surface area contributed by atoms with Gasteiger partial charge in [0.25, 0.3) is 0 Å². The maximum absolute atomic E-state index is 9.82. The highest BCUT2D eigenvalue weighted by Gasteiger charge is 2.01. The molecule has 0 saturated heterocycles. The molecule has 72 valence electrons. The van der Waals surface area contributed by atoms with E-state index >= 15 is 0 Å². The number of hydrazine groups is 1. The van der Waals surface area contributed by atoms with Gasteiger partial charge < -0.3 is 5.32 Å². The van der Waals surface area contributed by atoms with Crippen LogP contribution in [0.1, 0.15) is 13.8 Å². The summed E-state index contributed by atoms with van der Waals surface area (Å²) in [5.41, 5.74) is 2.18. The van der Waals surface area contributed by atoms with E-state index in [-0.39, 0.29) is 0 Å². The Balaban J connectivity index is 3.40. The van der Waals surface area contributed by atoms with Gasteiger partial charge in [0.15, 0.2) is 0 Å². The minimum absolute atomic E-state index is 0.509. The lowest BCUT2D eigenvalue weighted by Crippen LogP contribution is -2.39. The summed E-state index contributed by atoms with van der Waals surface area (Å²) >= 11 is 0. The minimum Gasteiger partial charge on any atom is -0.316 e. The van der Waals surface area contributed by atoms with Crippen molar-refractivity contribution in [2.75, 3.05) is 26.2 Å². The molecule has 0 aliphatic heterocycles. The molecule has 0 heterocycles. The van der Waals surface area contributed by atoms with Gasteiger partial charge in [0.05, 0.1) is 18.4 Å². The molecule has 6 nitrogen and oxygen atoms in total. The van der Waals surface area contributed by atoms with E-state index in [0.717, 1.165) is 13.1 Å². The Morgan fingerprint density at radius 2 is 2.25 bits per heavy atom. The standard InChI is InChI=1S/C6H16N4O2/c1-3-7-5-6-10(8-9-11)12-4-2/h7H,3-6H2,1-2H3,(H,8,11). The highest BCUT2D eigenvalue weighted by molar-refractivity contribution is 4.44. The van der Waals surface area contributed by atoms with Crippen LogP contribution in [-0.2, 0) is 4.84 Å². The number of nitrogens with one attached hydrogen (secondary N) is 2. The Hall–Kier alpha value is -0.720. The van der Waals surface area contributed by atoms with Crippen molar-refractivity contribution in [1.82, 2.24) is 16.0 Å². The molecule has 0 rings (SSSR count). The smallest absolute Gasteiger partial charge is 0.0679 e. The molecule has 0 aromatic rings. The predicted octanol–water partition coefficient (Wildman–Crippen LogP) is 0.0354. The molecule has 0 radical (unpaired) electrons. The van der Waals surface area contributed by atoms with Gasteiger partial charge in [-0.1, -0.05) is 12.1 Å². The van der Waals surface area contributed by atoms with Gasteiger partial charge in [0, 0.05) is 6.54 Å². The molecular formula is C6H16N4O2. The average molecular weight is 176 g/mol. The zero-order valence-corrected chi connectivity index (χ0v) is 7.54. The van der Waals surface area contributed by atoms with Gasteiger partial charge in [0.2, 0.25) is 0 Å². The molecule has 0 bridgehead atoms. The topological polar surface area (TPSA) is 66.0 Å². The third-order valence-electron chi connectivity index (χ3n) is 1.18. The van der Waals surface area contributed by atoms with Gasteiger partial charge in [-0.15, -0.1) is 4.91 Å². The molecule has 6 heteroatoms. The molecule has 0 unspecified atom stereocenters. The van der Waals surface area contributed by atoms with Crippen LogP contribution in [-0.4, -0.2) is 31.4 Å². The Morgan fingerprint density at radius 1 is 1.50 bits per heavy atom. The summed E-state index contributed by atoms with van der Waals surface area (Å²) in [5, 5.41) is 6.90. The normalized spacial score (nSPS) is 10.2. The largest absolute Gasteiger partial charge is 0.316 e. The fourth-order valence-corrected chi connectivity index (χ4v) is 0.702. The van der Waals surface area contributed by atoms with E-state index in [4.69, 9.17) is 4.84 Å². The molecule has 0 aromatic heterocycles. The van der Waals surface area contributed by atoms with Crippen molar-refractivity contribution in [3.05, 3.63) is 4.91 Å². The number of rotatable bonds is 8. The lowest BCUT2D eigenvalue weighted by atomic mass is 10.6. The molecule has 0 spiro atoms. The van der Waals surface area contributed by atoms with Crippen LogP contribution in [0, 0.1) is 4.91 Å². The highest BCUT2D eigenvalue weighted by Crippen LogP contribution is 1.83. The van der Waals surface area contributed by atoms with Crippen molar-refractivity contribution in [2.45, 2.75) is 13.8 Å². The second-order valence-electron chi connectivity index (χ2n) is 2.06. The van der Waals surface area contributed by atoms with Gasteiger partial charge in [-0.2, -0.15) is 5.53 Å². The van der Waals surface area contributed by atoms with Crippen LogP contribution in [0.4, 0.5) is 0 Å². The first kappa shape index (κ1) is 11.3. The van der Waals surface area contributed by atoms with Crippen molar-refractivity contribution >= 4 is 0 Å². The zero-order chi connectivity index (χ0) is 9.23. The summed E-state index contributed by atoms with van der Waals surface area (Å²) in [6.07, 6.45) is 0. The van der Waals surface area contributed by atoms with E-state index in [1.807, 2.05) is 13.8 Å². The van der Waals surface area contributed by atoms with Crippen LogP contribution in [0.5, 0.6) is 0 Å². The van der Waals surface area contributed by atoms with Crippen LogP contribution >= 0.6 is 0 Å². The lowest BCUT2D eigenvalue weighted by molar-refractivity contribution is -0.191. The number of nitrogens with zero attached hydrogens (tertiary/aromatic N) is 2. The van der Waals surface area contributed by atoms with Crippen molar-refractivity contribution < 1.29 is 4.84 Å². The molecule has 2 N–H and O–H groups in total. The van der Waals surface area contributed by atoms with Crippen LogP contribution in [0.2, 0.25) is 0 Å². The predicted molar refractivity (Wildman–Crippen MR) is 45.8 cm³/mol. The van der Waals surface area contributed by atoms with Gasteiger partial charge in [-0.25, -0.2) is 0 Å². The molecule has 12 heavy (non-hydrogen) atoms. The lowest BCUT2D eigenvalue weighted by Gasteiger charge is -2.17. The van der Waals surface area contributed by atoms with Crippen LogP contribution < -0.4 is 10.9 Å². The summed E-state index contributed by atoms with van der Waals surface area (Å²) in [5.74, 6) is 0. The molecule has 0 aliphatic rings. The Bertz CT molecular complexity index is 112. The maximum Gasteiger partial charge on any atom is 0.0679 e. The summed E-state index contributed by atoms with van der Waals surface area (Å²) in [4.78, 5) is 14.8. The van der Waals surface area contributed by atoms with Crippen LogP contribution in [0.15, 0.2) is 5.29 Å². The Kier molecular flexibility index (Phi) is 7.87. The first-order valence-electron chi connectivity index (χ1n) is 4.04. The van der Waals surface area contributed by atoms with Crippen molar-refractivity contribution in [3.8, 4) is 0 Å². The van der Waals surface area contributed by atoms with E-state index in [9.17, 15) is 4.91 Å². The molecule has 0 atom stereocenters.